The van der Waals surface area contributed by atoms with Gasteiger partial charge in [-0.2, -0.15) is 0 Å². The number of rotatable bonds is 10. The molecule has 5 N–H and O–H groups in total. The number of benzene rings is 2. The van der Waals surface area contributed by atoms with Crippen LogP contribution in [0.3, 0.4) is 0 Å². The van der Waals surface area contributed by atoms with Crippen molar-refractivity contribution < 1.29 is 122 Å². The largest absolute Gasteiger partial charge is 1.00 e. The van der Waals surface area contributed by atoms with E-state index in [1.165, 1.54) is 34.6 Å². The Morgan fingerprint density at radius 1 is 0.730 bits per heavy atom. The van der Waals surface area contributed by atoms with Crippen LogP contribution < -0.4 is 91.4 Å². The molecule has 2 amide bonds. The maximum absolute atomic E-state index is 12.7. The molecule has 6 aromatic rings. The first kappa shape index (κ1) is 65.4. The van der Waals surface area contributed by atoms with Crippen LogP contribution in [-0.4, -0.2) is 109 Å². The predicted molar refractivity (Wildman–Crippen MR) is 273 cm³/mol. The normalized spacial score (nSPS) is 12.8. The van der Waals surface area contributed by atoms with E-state index in [0.29, 0.717) is 21.9 Å². The van der Waals surface area contributed by atoms with Gasteiger partial charge in [0.25, 0.3) is 22.9 Å². The Morgan fingerprint density at radius 3 is 1.50 bits per heavy atom. The summed E-state index contributed by atoms with van der Waals surface area (Å²) < 4.78 is 25.3. The molecule has 4 aromatic heterocycles. The molecule has 0 saturated carbocycles. The van der Waals surface area contributed by atoms with E-state index in [-0.39, 0.29) is 77.7 Å². The molecule has 21 nitrogen and oxygen atoms in total. The predicted octanol–water partition coefficient (Wildman–Crippen LogP) is -1.47. The minimum absolute atomic E-state index is 0. The molecule has 74 heavy (non-hydrogen) atoms. The van der Waals surface area contributed by atoms with Crippen molar-refractivity contribution in [3.05, 3.63) is 93.4 Å². The molecule has 386 valence electrons. The third-order valence-corrected chi connectivity index (χ3v) is 14.2. The van der Waals surface area contributed by atoms with Gasteiger partial charge in [0.2, 0.25) is 6.16 Å². The number of ether oxygens (including phenoxy) is 2. The van der Waals surface area contributed by atoms with Gasteiger partial charge in [0.15, 0.2) is 0 Å². The summed E-state index contributed by atoms with van der Waals surface area (Å²) in [5.74, 6) is -3.88. The Bertz CT molecular complexity index is 3140. The first-order valence-electron chi connectivity index (χ1n) is 22.0. The number of pyridine rings is 2. The summed E-state index contributed by atoms with van der Waals surface area (Å²) in [6.07, 6.45) is -2.08. The maximum atomic E-state index is 12.7. The fourth-order valence-electron chi connectivity index (χ4n) is 6.97. The number of aryl methyl sites for hydroxylation is 6. The molecule has 5 heterocycles. The molecule has 0 aliphatic carbocycles. The van der Waals surface area contributed by atoms with Crippen LogP contribution in [0.2, 0.25) is 0 Å². The van der Waals surface area contributed by atoms with Gasteiger partial charge in [0.1, 0.15) is 35.7 Å². The number of aromatic hydroxyl groups is 2. The van der Waals surface area contributed by atoms with Gasteiger partial charge in [0, 0.05) is 24.9 Å². The number of carbonyl (C=O) groups excluding carboxylic acids is 4. The first-order valence-corrected chi connectivity index (χ1v) is 24.4. The van der Waals surface area contributed by atoms with Gasteiger partial charge in [-0.05, 0) is 120 Å². The number of thiazole rings is 2. The van der Waals surface area contributed by atoms with Gasteiger partial charge in [0.05, 0.1) is 65.5 Å². The number of esters is 2. The molecule has 2 aromatic carbocycles. The standard InChI is InChI=1S/C21H27BN2O7.C20H21N3O5S.C5H6BrNS.CH2O3.2Na/c1-7-29-15(25)11-23-18(27)16-17(26)13-10-12(8-9-14(13)24(6)19(16)28)22-30-20(2,3)21(4,5)31-22;1-5-28-15(24)9-21-19(26)16-17(25)13-8-12(18-10(2)22-11(3)29-18)6-7-14(13)23(4)20(16)27;1-3-5(6)8-4(2)7-3;2-1(3)4;;/h8-10,26H,7,11H2,1-6H3,(H,23,27);6-8,25H,5,9H2,1-4H3,(H,21,26);1-2H3;(H2,2,3,4);;/q;;;;2*+1/p-1. The second-order valence-electron chi connectivity index (χ2n) is 16.8. The Morgan fingerprint density at radius 2 is 1.14 bits per heavy atom. The van der Waals surface area contributed by atoms with Crippen molar-refractivity contribution >= 4 is 103 Å². The molecule has 0 radical (unpaired) electrons. The number of halogens is 1. The smallest absolute Gasteiger partial charge is 0.565 e. The summed E-state index contributed by atoms with van der Waals surface area (Å²) in [6.45, 7) is 18.4. The van der Waals surface area contributed by atoms with Crippen molar-refractivity contribution in [3.63, 3.8) is 0 Å². The molecule has 0 bridgehead atoms. The molecular formula is C47H55BBrN6Na2O15S2+. The summed E-state index contributed by atoms with van der Waals surface area (Å²) in [5, 5.41) is 44.2. The molecule has 1 fully saturated rings. The van der Waals surface area contributed by atoms with Crippen molar-refractivity contribution in [3.8, 4) is 21.9 Å². The van der Waals surface area contributed by atoms with E-state index < -0.39 is 95.1 Å². The average Bonchev–Trinajstić information content (AvgIpc) is 3.88. The average molecular weight is 1140 g/mol. The SMILES string of the molecule is CCOC(=O)CNC(=O)c1c(O)c2cc(-c3sc(C)nc3C)ccc2n(C)c1=O.CCOC(=O)CNC(=O)c1c(O)c2cc(B3OC(C)(C)C(C)(C)O3)ccc2n(C)c1=O.Cc1nc(C)c(Br)s1.O=C([O-])O.[Na+].[Na+]. The van der Waals surface area contributed by atoms with Crippen LogP contribution in [0, 0.1) is 27.7 Å². The summed E-state index contributed by atoms with van der Waals surface area (Å²) >= 11 is 6.57. The van der Waals surface area contributed by atoms with Crippen molar-refractivity contribution in [1.29, 1.82) is 0 Å². The first-order chi connectivity index (χ1) is 33.6. The van der Waals surface area contributed by atoms with Gasteiger partial charge in [-0.3, -0.25) is 28.8 Å². The Kier molecular flexibility index (Phi) is 24.7. The molecule has 0 atom stereocenters. The third kappa shape index (κ3) is 15.9. The zero-order chi connectivity index (χ0) is 54.2. The maximum Gasteiger partial charge on any atom is 1.00 e. The van der Waals surface area contributed by atoms with Gasteiger partial charge in [-0.25, -0.2) is 9.97 Å². The molecule has 0 spiro atoms. The number of amides is 2. The number of hydrogen-bond donors (Lipinski definition) is 5. The van der Waals surface area contributed by atoms with Crippen LogP contribution in [-0.2, 0) is 42.5 Å². The number of nitrogens with one attached hydrogen (secondary N) is 2. The zero-order valence-corrected chi connectivity index (χ0v) is 50.8. The Balaban J connectivity index is 0.000000405. The van der Waals surface area contributed by atoms with Crippen molar-refractivity contribution in [1.82, 2.24) is 29.7 Å². The van der Waals surface area contributed by atoms with Crippen LogP contribution >= 0.6 is 38.6 Å². The molecule has 1 saturated heterocycles. The van der Waals surface area contributed by atoms with Gasteiger partial charge in [-0.1, -0.05) is 12.1 Å². The second kappa shape index (κ2) is 27.9. The quantitative estimate of drug-likeness (QED) is 0.0773. The van der Waals surface area contributed by atoms with E-state index in [2.05, 4.69) is 36.5 Å². The van der Waals surface area contributed by atoms with E-state index >= 15 is 0 Å². The van der Waals surface area contributed by atoms with Crippen molar-refractivity contribution in [2.24, 2.45) is 14.1 Å². The number of hydrogen-bond acceptors (Lipinski definition) is 18. The molecule has 1 aliphatic rings. The summed E-state index contributed by atoms with van der Waals surface area (Å²) in [4.78, 5) is 91.4. The molecular weight excluding hydrogens is 1090 g/mol. The summed E-state index contributed by atoms with van der Waals surface area (Å²) in [5.41, 5.74) is 1.03. The fourth-order valence-corrected chi connectivity index (χ4v) is 9.31. The number of nitrogens with zero attached hydrogens (tertiary/aromatic N) is 4. The zero-order valence-electron chi connectivity index (χ0n) is 43.6. The summed E-state index contributed by atoms with van der Waals surface area (Å²) in [7, 11) is 2.35. The van der Waals surface area contributed by atoms with Crippen LogP contribution in [0.4, 0.5) is 4.79 Å². The van der Waals surface area contributed by atoms with Gasteiger partial charge >= 0.3 is 78.2 Å². The molecule has 1 aliphatic heterocycles. The van der Waals surface area contributed by atoms with Crippen LogP contribution in [0.15, 0.2) is 49.8 Å². The fraction of sp³-hybridized carbons (Fsp3) is 0.383. The second-order valence-corrected chi connectivity index (χ2v) is 20.5. The van der Waals surface area contributed by atoms with E-state index in [1.807, 2.05) is 61.5 Å². The Labute approximate surface area is 486 Å². The van der Waals surface area contributed by atoms with Gasteiger partial charge in [-0.15, -0.1) is 22.7 Å². The number of carbonyl (C=O) groups is 5. The number of aromatic nitrogens is 4. The number of carboxylic acid groups (broad SMARTS) is 2. The summed E-state index contributed by atoms with van der Waals surface area (Å²) in [6, 6.07) is 10.4. The van der Waals surface area contributed by atoms with Gasteiger partial charge < -0.3 is 63.8 Å². The van der Waals surface area contributed by atoms with Crippen molar-refractivity contribution in [2.75, 3.05) is 26.3 Å². The number of fused-ring (bicyclic) bond motifs is 2. The minimum atomic E-state index is -2.08. The monoisotopic (exact) mass is 1140 g/mol. The van der Waals surface area contributed by atoms with Crippen molar-refractivity contribution in [2.45, 2.75) is 80.4 Å². The molecule has 0 unspecified atom stereocenters. The molecule has 27 heteroatoms. The Hall–Kier alpha value is -4.67. The van der Waals surface area contributed by atoms with Crippen LogP contribution in [0.5, 0.6) is 11.5 Å². The van der Waals surface area contributed by atoms with E-state index in [0.717, 1.165) is 35.6 Å². The minimum Gasteiger partial charge on any atom is -0.565 e. The van der Waals surface area contributed by atoms with E-state index in [9.17, 15) is 39.0 Å². The van der Waals surface area contributed by atoms with E-state index in [1.54, 1.807) is 55.5 Å². The topological polar surface area (TPSA) is 300 Å². The van der Waals surface area contributed by atoms with Crippen LogP contribution in [0.25, 0.3) is 32.2 Å². The molecule has 7 rings (SSSR count). The van der Waals surface area contributed by atoms with E-state index in [4.69, 9.17) is 33.8 Å². The van der Waals surface area contributed by atoms with Crippen LogP contribution in [0.1, 0.15) is 83.7 Å². The third-order valence-electron chi connectivity index (χ3n) is 11.2.